The van der Waals surface area contributed by atoms with E-state index in [4.69, 9.17) is 11.5 Å². The molecule has 0 saturated heterocycles. The summed E-state index contributed by atoms with van der Waals surface area (Å²) in [6.07, 6.45) is -4.48. The highest BCUT2D eigenvalue weighted by Crippen LogP contribution is 2.31. The largest absolute Gasteiger partial charge is 0.416 e. The number of halogens is 3. The van der Waals surface area contributed by atoms with Crippen molar-refractivity contribution in [2.24, 2.45) is 0 Å². The molecule has 0 bridgehead atoms. The van der Waals surface area contributed by atoms with Crippen LogP contribution in [0, 0.1) is 0 Å². The molecule has 4 nitrogen and oxygen atoms in total. The number of hydrogen-bond donors (Lipinski definition) is 3. The maximum absolute atomic E-state index is 12.6. The molecule has 0 unspecified atom stereocenters. The Hall–Kier alpha value is -2.70. The molecule has 0 spiro atoms. The lowest BCUT2D eigenvalue weighted by molar-refractivity contribution is -0.137. The van der Waals surface area contributed by atoms with Gasteiger partial charge in [0.2, 0.25) is 0 Å². The molecule has 0 aromatic heterocycles. The second kappa shape index (κ2) is 5.35. The summed E-state index contributed by atoms with van der Waals surface area (Å²) in [7, 11) is 0. The molecule has 0 radical (unpaired) electrons. The predicted molar refractivity (Wildman–Crippen MR) is 74.7 cm³/mol. The van der Waals surface area contributed by atoms with Gasteiger partial charge >= 0.3 is 6.18 Å². The number of nitrogens with one attached hydrogen (secondary N) is 1. The molecule has 0 aliphatic rings. The number of hydrogen-bond acceptors (Lipinski definition) is 3. The van der Waals surface area contributed by atoms with Crippen molar-refractivity contribution in [1.29, 1.82) is 0 Å². The fraction of sp³-hybridized carbons (Fsp3) is 0.0714. The lowest BCUT2D eigenvalue weighted by Gasteiger charge is -2.11. The van der Waals surface area contributed by atoms with Crippen LogP contribution < -0.4 is 16.8 Å². The third-order valence-corrected chi connectivity index (χ3v) is 2.83. The van der Waals surface area contributed by atoms with E-state index in [0.717, 1.165) is 12.1 Å². The summed E-state index contributed by atoms with van der Waals surface area (Å²) in [5.74, 6) is -0.626. The van der Waals surface area contributed by atoms with Crippen LogP contribution in [0.5, 0.6) is 0 Å². The van der Waals surface area contributed by atoms with Gasteiger partial charge in [0, 0.05) is 5.69 Å². The topological polar surface area (TPSA) is 81.1 Å². The monoisotopic (exact) mass is 295 g/mol. The second-order valence-electron chi connectivity index (χ2n) is 4.34. The average Bonchev–Trinajstić information content (AvgIpc) is 2.41. The van der Waals surface area contributed by atoms with Crippen LogP contribution in [0.15, 0.2) is 42.5 Å². The Labute approximate surface area is 118 Å². The molecule has 7 heteroatoms. The summed E-state index contributed by atoms with van der Waals surface area (Å²) in [6, 6.07) is 8.83. The van der Waals surface area contributed by atoms with Gasteiger partial charge in [-0.2, -0.15) is 13.2 Å². The number of benzene rings is 2. The normalized spacial score (nSPS) is 11.2. The van der Waals surface area contributed by atoms with Gasteiger partial charge in [-0.1, -0.05) is 12.1 Å². The van der Waals surface area contributed by atoms with E-state index in [1.165, 1.54) is 30.3 Å². The van der Waals surface area contributed by atoms with Crippen molar-refractivity contribution in [3.63, 3.8) is 0 Å². The quantitative estimate of drug-likeness (QED) is 0.744. The van der Waals surface area contributed by atoms with Gasteiger partial charge in [0.15, 0.2) is 0 Å². The van der Waals surface area contributed by atoms with Gasteiger partial charge in [0.25, 0.3) is 5.91 Å². The highest BCUT2D eigenvalue weighted by Gasteiger charge is 2.30. The summed E-state index contributed by atoms with van der Waals surface area (Å²) in [4.78, 5) is 12.0. The van der Waals surface area contributed by atoms with Gasteiger partial charge in [-0.25, -0.2) is 0 Å². The van der Waals surface area contributed by atoms with E-state index >= 15 is 0 Å². The van der Waals surface area contributed by atoms with Crippen LogP contribution in [0.3, 0.4) is 0 Å². The fourth-order valence-electron chi connectivity index (χ4n) is 1.75. The Morgan fingerprint density at radius 3 is 2.38 bits per heavy atom. The minimum atomic E-state index is -4.48. The number of rotatable bonds is 2. The molecular weight excluding hydrogens is 283 g/mol. The van der Waals surface area contributed by atoms with Crippen LogP contribution in [0.2, 0.25) is 0 Å². The number of amides is 1. The molecule has 5 N–H and O–H groups in total. The molecular formula is C14H12F3N3O. The van der Waals surface area contributed by atoms with E-state index in [0.29, 0.717) is 0 Å². The van der Waals surface area contributed by atoms with Gasteiger partial charge in [-0.3, -0.25) is 4.79 Å². The number of carbonyl (C=O) groups excluding carboxylic acids is 1. The summed E-state index contributed by atoms with van der Waals surface area (Å²) in [5.41, 5.74) is 10.8. The van der Waals surface area contributed by atoms with Crippen molar-refractivity contribution >= 4 is 23.0 Å². The first kappa shape index (κ1) is 14.7. The maximum atomic E-state index is 12.6. The van der Waals surface area contributed by atoms with Crippen molar-refractivity contribution in [2.75, 3.05) is 16.8 Å². The minimum absolute atomic E-state index is 0.0247. The Balaban J connectivity index is 2.26. The number of anilines is 3. The summed E-state index contributed by atoms with van der Waals surface area (Å²) < 4.78 is 37.8. The zero-order chi connectivity index (χ0) is 15.6. The molecule has 21 heavy (non-hydrogen) atoms. The van der Waals surface area contributed by atoms with E-state index in [1.807, 2.05) is 0 Å². The summed E-state index contributed by atoms with van der Waals surface area (Å²) in [5, 5.41) is 2.36. The highest BCUT2D eigenvalue weighted by atomic mass is 19.4. The Morgan fingerprint density at radius 2 is 1.71 bits per heavy atom. The molecule has 0 fully saturated rings. The average molecular weight is 295 g/mol. The minimum Gasteiger partial charge on any atom is -0.397 e. The highest BCUT2D eigenvalue weighted by molar-refractivity contribution is 6.09. The smallest absolute Gasteiger partial charge is 0.397 e. The molecule has 0 heterocycles. The first-order valence-corrected chi connectivity index (χ1v) is 5.91. The lowest BCUT2D eigenvalue weighted by atomic mass is 10.1. The van der Waals surface area contributed by atoms with Crippen LogP contribution >= 0.6 is 0 Å². The molecule has 1 amide bonds. The van der Waals surface area contributed by atoms with Gasteiger partial charge in [0.1, 0.15) is 0 Å². The van der Waals surface area contributed by atoms with Crippen molar-refractivity contribution in [3.8, 4) is 0 Å². The first-order valence-electron chi connectivity index (χ1n) is 5.91. The summed E-state index contributed by atoms with van der Waals surface area (Å²) in [6.45, 7) is 0. The number of nitrogens with two attached hydrogens (primary N) is 2. The zero-order valence-electron chi connectivity index (χ0n) is 10.7. The Morgan fingerprint density at radius 1 is 1.05 bits per heavy atom. The zero-order valence-corrected chi connectivity index (χ0v) is 10.7. The third kappa shape index (κ3) is 3.25. The van der Waals surface area contributed by atoms with Gasteiger partial charge < -0.3 is 16.8 Å². The predicted octanol–water partition coefficient (Wildman–Crippen LogP) is 3.12. The van der Waals surface area contributed by atoms with E-state index < -0.39 is 17.6 Å². The molecule has 110 valence electrons. The molecule has 2 aromatic carbocycles. The Bertz CT molecular complexity index is 683. The lowest BCUT2D eigenvalue weighted by Crippen LogP contribution is -2.15. The van der Waals surface area contributed by atoms with Crippen molar-refractivity contribution in [1.82, 2.24) is 0 Å². The number of nitrogen functional groups attached to an aromatic ring is 2. The van der Waals surface area contributed by atoms with Crippen LogP contribution in [-0.2, 0) is 6.18 Å². The molecule has 0 aliphatic heterocycles. The first-order chi connectivity index (χ1) is 9.79. The maximum Gasteiger partial charge on any atom is 0.416 e. The number of alkyl halides is 3. The van der Waals surface area contributed by atoms with E-state index in [-0.39, 0.29) is 22.6 Å². The van der Waals surface area contributed by atoms with Crippen molar-refractivity contribution < 1.29 is 18.0 Å². The van der Waals surface area contributed by atoms with Gasteiger partial charge in [0.05, 0.1) is 22.5 Å². The van der Waals surface area contributed by atoms with Crippen molar-refractivity contribution in [2.45, 2.75) is 6.18 Å². The van der Waals surface area contributed by atoms with Crippen LogP contribution in [0.25, 0.3) is 0 Å². The van der Waals surface area contributed by atoms with Crippen LogP contribution in [0.4, 0.5) is 30.2 Å². The Kier molecular flexibility index (Phi) is 3.75. The molecule has 2 aromatic rings. The fourth-order valence-corrected chi connectivity index (χ4v) is 1.75. The van der Waals surface area contributed by atoms with Crippen LogP contribution in [0.1, 0.15) is 15.9 Å². The van der Waals surface area contributed by atoms with E-state index in [2.05, 4.69) is 5.32 Å². The van der Waals surface area contributed by atoms with E-state index in [9.17, 15) is 18.0 Å². The molecule has 0 atom stereocenters. The molecule has 0 saturated carbocycles. The van der Waals surface area contributed by atoms with Gasteiger partial charge in [-0.15, -0.1) is 0 Å². The second-order valence-corrected chi connectivity index (χ2v) is 4.34. The molecule has 0 aliphatic carbocycles. The van der Waals surface area contributed by atoms with Crippen LogP contribution in [-0.4, -0.2) is 5.91 Å². The molecule has 2 rings (SSSR count). The third-order valence-electron chi connectivity index (χ3n) is 2.83. The van der Waals surface area contributed by atoms with E-state index in [1.54, 1.807) is 0 Å². The number of carbonyl (C=O) groups is 1. The SMILES string of the molecule is Nc1cccc(C(=O)Nc2cccc(C(F)(F)F)c2)c1N. The van der Waals surface area contributed by atoms with Crippen molar-refractivity contribution in [3.05, 3.63) is 53.6 Å². The standard InChI is InChI=1S/C14H12F3N3O/c15-14(16,17)8-3-1-4-9(7-8)20-13(21)10-5-2-6-11(18)12(10)19/h1-7H,18-19H2,(H,20,21). The summed E-state index contributed by atoms with van der Waals surface area (Å²) >= 11 is 0. The van der Waals surface area contributed by atoms with Gasteiger partial charge in [-0.05, 0) is 30.3 Å². The number of para-hydroxylation sites is 1.